The fourth-order valence-electron chi connectivity index (χ4n) is 2.89. The largest absolute Gasteiger partial charge is 0.486 e. The number of fused-ring (bicyclic) bond motifs is 2. The molecule has 0 saturated carbocycles. The van der Waals surface area contributed by atoms with E-state index < -0.39 is 22.5 Å². The van der Waals surface area contributed by atoms with Gasteiger partial charge in [-0.25, -0.2) is 8.42 Å². The number of ether oxygens (including phenoxy) is 4. The summed E-state index contributed by atoms with van der Waals surface area (Å²) in [5, 5.41) is 2.67. The van der Waals surface area contributed by atoms with Crippen LogP contribution in [0.2, 0.25) is 0 Å². The monoisotopic (exact) mass is 406 g/mol. The normalized spacial score (nSPS) is 14.5. The highest BCUT2D eigenvalue weighted by Gasteiger charge is 2.24. The van der Waals surface area contributed by atoms with E-state index in [0.717, 1.165) is 10.6 Å². The van der Waals surface area contributed by atoms with E-state index in [9.17, 15) is 13.2 Å². The summed E-state index contributed by atoms with van der Waals surface area (Å²) < 4.78 is 47.0. The fraction of sp³-hybridized carbons (Fsp3) is 0.278. The van der Waals surface area contributed by atoms with Crippen LogP contribution in [0.5, 0.6) is 23.0 Å². The van der Waals surface area contributed by atoms with Crippen LogP contribution >= 0.6 is 0 Å². The minimum atomic E-state index is -3.71. The van der Waals surface area contributed by atoms with E-state index in [4.69, 9.17) is 18.9 Å². The average molecular weight is 406 g/mol. The highest BCUT2D eigenvalue weighted by atomic mass is 32.2. The van der Waals surface area contributed by atoms with E-state index in [1.807, 2.05) is 0 Å². The molecule has 0 unspecified atom stereocenters. The molecule has 1 N–H and O–H groups in total. The average Bonchev–Trinajstić information content (AvgIpc) is 3.12. The van der Waals surface area contributed by atoms with Gasteiger partial charge >= 0.3 is 0 Å². The van der Waals surface area contributed by atoms with Crippen molar-refractivity contribution in [2.24, 2.45) is 0 Å². The van der Waals surface area contributed by atoms with Gasteiger partial charge in [0.15, 0.2) is 23.0 Å². The van der Waals surface area contributed by atoms with E-state index in [0.29, 0.717) is 47.6 Å². The number of nitrogens with one attached hydrogen (secondary N) is 1. The van der Waals surface area contributed by atoms with Crippen molar-refractivity contribution in [1.82, 2.24) is 0 Å². The molecule has 1 amide bonds. The third-order valence-electron chi connectivity index (χ3n) is 4.16. The quantitative estimate of drug-likeness (QED) is 0.804. The van der Waals surface area contributed by atoms with Crippen LogP contribution in [0, 0.1) is 0 Å². The first-order chi connectivity index (χ1) is 13.4. The molecular weight excluding hydrogens is 388 g/mol. The number of nitrogens with zero attached hydrogens (tertiary/aromatic N) is 1. The molecule has 10 heteroatoms. The molecule has 9 nitrogen and oxygen atoms in total. The number of carbonyl (C=O) groups excluding carboxylic acids is 1. The highest BCUT2D eigenvalue weighted by Crippen LogP contribution is 2.35. The third kappa shape index (κ3) is 3.77. The van der Waals surface area contributed by atoms with Crippen LogP contribution in [-0.4, -0.2) is 47.1 Å². The molecule has 0 fully saturated rings. The van der Waals surface area contributed by atoms with Crippen LogP contribution in [0.4, 0.5) is 11.4 Å². The molecule has 2 aliphatic heterocycles. The third-order valence-corrected chi connectivity index (χ3v) is 5.30. The lowest BCUT2D eigenvalue weighted by atomic mass is 10.2. The molecular formula is C18H18N2O7S. The first kappa shape index (κ1) is 18.2. The Morgan fingerprint density at radius 3 is 2.39 bits per heavy atom. The molecule has 2 aromatic carbocycles. The van der Waals surface area contributed by atoms with Crippen molar-refractivity contribution in [2.75, 3.05) is 42.4 Å². The van der Waals surface area contributed by atoms with Crippen molar-refractivity contribution >= 4 is 27.3 Å². The van der Waals surface area contributed by atoms with E-state index >= 15 is 0 Å². The van der Waals surface area contributed by atoms with Crippen LogP contribution in [-0.2, 0) is 14.8 Å². The Labute approximate surface area is 161 Å². The molecule has 0 bridgehead atoms. The van der Waals surface area contributed by atoms with Crippen molar-refractivity contribution in [3.63, 3.8) is 0 Å². The molecule has 0 aliphatic carbocycles. The van der Waals surface area contributed by atoms with Gasteiger partial charge in [-0.15, -0.1) is 0 Å². The zero-order valence-corrected chi connectivity index (χ0v) is 15.8. The number of amides is 1. The number of benzene rings is 2. The van der Waals surface area contributed by atoms with Gasteiger partial charge in [0.1, 0.15) is 19.8 Å². The summed E-state index contributed by atoms with van der Waals surface area (Å²) in [6.07, 6.45) is 1.04. The molecule has 148 valence electrons. The van der Waals surface area contributed by atoms with Crippen LogP contribution < -0.4 is 28.6 Å². The summed E-state index contributed by atoms with van der Waals surface area (Å²) in [7, 11) is -3.71. The minimum Gasteiger partial charge on any atom is -0.486 e. The van der Waals surface area contributed by atoms with Crippen molar-refractivity contribution < 1.29 is 32.2 Å². The molecule has 0 atom stereocenters. The Hall–Kier alpha value is -3.14. The lowest BCUT2D eigenvalue weighted by Crippen LogP contribution is -2.37. The maximum Gasteiger partial charge on any atom is 0.245 e. The molecule has 0 aromatic heterocycles. The zero-order chi connectivity index (χ0) is 19.7. The SMILES string of the molecule is CS(=O)(=O)N(CC(=O)Nc1ccc2c(c1)OCO2)c1ccc2c(c1)OCCO2. The van der Waals surface area contributed by atoms with Gasteiger partial charge in [-0.3, -0.25) is 9.10 Å². The Morgan fingerprint density at radius 2 is 1.61 bits per heavy atom. The molecule has 2 heterocycles. The van der Waals surface area contributed by atoms with Gasteiger partial charge < -0.3 is 24.3 Å². The van der Waals surface area contributed by atoms with E-state index in [1.54, 1.807) is 36.4 Å². The standard InChI is InChI=1S/C18H18N2O7S/c1-28(22,23)20(13-3-5-14-17(9-13)25-7-6-24-14)10-18(21)19-12-2-4-15-16(8-12)27-11-26-15/h2-5,8-9H,6-7,10-11H2,1H3,(H,19,21). The summed E-state index contributed by atoms with van der Waals surface area (Å²) in [6, 6.07) is 9.69. The topological polar surface area (TPSA) is 103 Å². The number of hydrogen-bond acceptors (Lipinski definition) is 7. The first-order valence-corrected chi connectivity index (χ1v) is 10.3. The van der Waals surface area contributed by atoms with Crippen LogP contribution in [0.15, 0.2) is 36.4 Å². The molecule has 0 radical (unpaired) electrons. The minimum absolute atomic E-state index is 0.124. The number of anilines is 2. The first-order valence-electron chi connectivity index (χ1n) is 8.47. The summed E-state index contributed by atoms with van der Waals surface area (Å²) in [5.41, 5.74) is 0.789. The lowest BCUT2D eigenvalue weighted by molar-refractivity contribution is -0.114. The van der Waals surface area contributed by atoms with E-state index in [1.165, 1.54) is 0 Å². The van der Waals surface area contributed by atoms with Gasteiger partial charge in [-0.2, -0.15) is 0 Å². The van der Waals surface area contributed by atoms with Gasteiger partial charge in [-0.1, -0.05) is 0 Å². The molecule has 2 aromatic rings. The smallest absolute Gasteiger partial charge is 0.245 e. The zero-order valence-electron chi connectivity index (χ0n) is 15.0. The van der Waals surface area contributed by atoms with Gasteiger partial charge in [0.2, 0.25) is 22.7 Å². The van der Waals surface area contributed by atoms with Crippen molar-refractivity contribution in [2.45, 2.75) is 0 Å². The van der Waals surface area contributed by atoms with Gasteiger partial charge in [0, 0.05) is 17.8 Å². The van der Waals surface area contributed by atoms with Crippen molar-refractivity contribution in [3.05, 3.63) is 36.4 Å². The predicted octanol–water partition coefficient (Wildman–Crippen LogP) is 1.59. The van der Waals surface area contributed by atoms with E-state index in [2.05, 4.69) is 5.32 Å². The predicted molar refractivity (Wildman–Crippen MR) is 101 cm³/mol. The second-order valence-electron chi connectivity index (χ2n) is 6.21. The Morgan fingerprint density at radius 1 is 0.964 bits per heavy atom. The number of carbonyl (C=O) groups is 1. The van der Waals surface area contributed by atoms with Crippen molar-refractivity contribution in [3.8, 4) is 23.0 Å². The maximum absolute atomic E-state index is 12.5. The van der Waals surface area contributed by atoms with Gasteiger partial charge in [0.25, 0.3) is 0 Å². The highest BCUT2D eigenvalue weighted by molar-refractivity contribution is 7.92. The summed E-state index contributed by atoms with van der Waals surface area (Å²) >= 11 is 0. The van der Waals surface area contributed by atoms with E-state index in [-0.39, 0.29) is 6.79 Å². The summed E-state index contributed by atoms with van der Waals surface area (Å²) in [4.78, 5) is 12.5. The molecule has 28 heavy (non-hydrogen) atoms. The number of hydrogen-bond donors (Lipinski definition) is 1. The lowest BCUT2D eigenvalue weighted by Gasteiger charge is -2.24. The Balaban J connectivity index is 1.53. The Bertz CT molecular complexity index is 1020. The molecule has 4 rings (SSSR count). The van der Waals surface area contributed by atoms with Crippen LogP contribution in [0.3, 0.4) is 0 Å². The molecule has 2 aliphatic rings. The van der Waals surface area contributed by atoms with Crippen LogP contribution in [0.25, 0.3) is 0 Å². The second kappa shape index (κ2) is 7.12. The molecule has 0 spiro atoms. The maximum atomic E-state index is 12.5. The number of sulfonamides is 1. The summed E-state index contributed by atoms with van der Waals surface area (Å²) in [6.45, 7) is 0.533. The molecule has 0 saturated heterocycles. The van der Waals surface area contributed by atoms with Crippen LogP contribution in [0.1, 0.15) is 0 Å². The second-order valence-corrected chi connectivity index (χ2v) is 8.12. The Kier molecular flexibility index (Phi) is 4.63. The summed E-state index contributed by atoms with van der Waals surface area (Å²) in [5.74, 6) is 1.58. The van der Waals surface area contributed by atoms with Gasteiger partial charge in [-0.05, 0) is 24.3 Å². The fourth-order valence-corrected chi connectivity index (χ4v) is 3.74. The van der Waals surface area contributed by atoms with Crippen molar-refractivity contribution in [1.29, 1.82) is 0 Å². The number of rotatable bonds is 5. The van der Waals surface area contributed by atoms with Gasteiger partial charge in [0.05, 0.1) is 11.9 Å².